The summed E-state index contributed by atoms with van der Waals surface area (Å²) >= 11 is 8.40. The van der Waals surface area contributed by atoms with Gasteiger partial charge in [-0.2, -0.15) is 0 Å². The van der Waals surface area contributed by atoms with Crippen molar-refractivity contribution in [1.29, 1.82) is 0 Å². The summed E-state index contributed by atoms with van der Waals surface area (Å²) in [5.74, 6) is 0. The molecule has 3 heteroatoms. The summed E-state index contributed by atoms with van der Waals surface area (Å²) in [6.07, 6.45) is 0. The summed E-state index contributed by atoms with van der Waals surface area (Å²) < 4.78 is 1.21. The van der Waals surface area contributed by atoms with Crippen LogP contribution in [-0.2, 0) is 0 Å². The molecule has 0 bridgehead atoms. The SMILES string of the molecule is Cc1ccc(C(N)c2ccc(I)cc2)cc1Cl. The molecule has 2 aromatic rings. The number of halogens is 2. The fourth-order valence-corrected chi connectivity index (χ4v) is 2.21. The lowest BCUT2D eigenvalue weighted by Crippen LogP contribution is -2.11. The highest BCUT2D eigenvalue weighted by Crippen LogP contribution is 2.24. The van der Waals surface area contributed by atoms with Crippen molar-refractivity contribution >= 4 is 34.2 Å². The van der Waals surface area contributed by atoms with Gasteiger partial charge in [-0.25, -0.2) is 0 Å². The fraction of sp³-hybridized carbons (Fsp3) is 0.143. The normalized spacial score (nSPS) is 12.5. The van der Waals surface area contributed by atoms with E-state index in [1.165, 1.54) is 3.57 Å². The van der Waals surface area contributed by atoms with Gasteiger partial charge in [-0.15, -0.1) is 0 Å². The number of nitrogens with two attached hydrogens (primary N) is 1. The first kappa shape index (κ1) is 12.9. The highest BCUT2D eigenvalue weighted by molar-refractivity contribution is 14.1. The van der Waals surface area contributed by atoms with Gasteiger partial charge in [0.2, 0.25) is 0 Å². The lowest BCUT2D eigenvalue weighted by atomic mass is 9.99. The predicted molar refractivity (Wildman–Crippen MR) is 81.4 cm³/mol. The van der Waals surface area contributed by atoms with Gasteiger partial charge in [0.15, 0.2) is 0 Å². The van der Waals surface area contributed by atoms with Crippen LogP contribution in [-0.4, -0.2) is 0 Å². The third-order valence-electron chi connectivity index (χ3n) is 2.78. The lowest BCUT2D eigenvalue weighted by molar-refractivity contribution is 0.870. The molecule has 0 heterocycles. The minimum absolute atomic E-state index is 0.120. The van der Waals surface area contributed by atoms with Gasteiger partial charge in [0, 0.05) is 8.59 Å². The van der Waals surface area contributed by atoms with Crippen LogP contribution < -0.4 is 5.73 Å². The smallest absolute Gasteiger partial charge is 0.0552 e. The van der Waals surface area contributed by atoms with Crippen LogP contribution in [0.3, 0.4) is 0 Å². The average Bonchev–Trinajstić information content (AvgIpc) is 2.33. The number of benzene rings is 2. The van der Waals surface area contributed by atoms with Crippen molar-refractivity contribution in [3.05, 3.63) is 67.7 Å². The topological polar surface area (TPSA) is 26.0 Å². The molecule has 0 aliphatic carbocycles. The largest absolute Gasteiger partial charge is 0.320 e. The molecule has 2 aromatic carbocycles. The van der Waals surface area contributed by atoms with Crippen LogP contribution in [0.15, 0.2) is 42.5 Å². The Morgan fingerprint density at radius 2 is 1.65 bits per heavy atom. The maximum atomic E-state index is 6.22. The Kier molecular flexibility index (Phi) is 4.07. The maximum absolute atomic E-state index is 6.22. The van der Waals surface area contributed by atoms with Crippen molar-refractivity contribution in [2.24, 2.45) is 5.73 Å². The first-order valence-electron chi connectivity index (χ1n) is 5.35. The second kappa shape index (κ2) is 5.38. The summed E-state index contributed by atoms with van der Waals surface area (Å²) in [6, 6.07) is 14.1. The van der Waals surface area contributed by atoms with Crippen LogP contribution in [0.1, 0.15) is 22.7 Å². The van der Waals surface area contributed by atoms with E-state index >= 15 is 0 Å². The van der Waals surface area contributed by atoms with E-state index < -0.39 is 0 Å². The molecule has 1 atom stereocenters. The Labute approximate surface area is 120 Å². The summed E-state index contributed by atoms with van der Waals surface area (Å²) in [5, 5.41) is 0.767. The standard InChI is InChI=1S/C14H13ClIN/c1-9-2-3-11(8-13(9)15)14(17)10-4-6-12(16)7-5-10/h2-8,14H,17H2,1H3. The molecule has 0 radical (unpaired) electrons. The van der Waals surface area contributed by atoms with Gasteiger partial charge >= 0.3 is 0 Å². The molecule has 0 fully saturated rings. The summed E-state index contributed by atoms with van der Waals surface area (Å²) in [7, 11) is 0. The van der Waals surface area contributed by atoms with Crippen LogP contribution in [0.4, 0.5) is 0 Å². The van der Waals surface area contributed by atoms with Crippen LogP contribution in [0.25, 0.3) is 0 Å². The molecule has 0 aromatic heterocycles. The van der Waals surface area contributed by atoms with E-state index in [1.54, 1.807) is 0 Å². The third-order valence-corrected chi connectivity index (χ3v) is 3.91. The lowest BCUT2D eigenvalue weighted by Gasteiger charge is -2.13. The molecule has 1 nitrogen and oxygen atoms in total. The maximum Gasteiger partial charge on any atom is 0.0552 e. The van der Waals surface area contributed by atoms with Crippen molar-refractivity contribution < 1.29 is 0 Å². The quantitative estimate of drug-likeness (QED) is 0.797. The minimum Gasteiger partial charge on any atom is -0.320 e. The van der Waals surface area contributed by atoms with E-state index in [9.17, 15) is 0 Å². The van der Waals surface area contributed by atoms with E-state index in [0.717, 1.165) is 21.7 Å². The molecule has 0 amide bonds. The van der Waals surface area contributed by atoms with Gasteiger partial charge in [-0.1, -0.05) is 35.9 Å². The van der Waals surface area contributed by atoms with Crippen molar-refractivity contribution in [2.45, 2.75) is 13.0 Å². The monoisotopic (exact) mass is 357 g/mol. The Morgan fingerprint density at radius 3 is 2.24 bits per heavy atom. The van der Waals surface area contributed by atoms with Crippen LogP contribution in [0.2, 0.25) is 5.02 Å². The van der Waals surface area contributed by atoms with Crippen molar-refractivity contribution in [3.8, 4) is 0 Å². The molecule has 1 unspecified atom stereocenters. The average molecular weight is 358 g/mol. The summed E-state index contributed by atoms with van der Waals surface area (Å²) in [4.78, 5) is 0. The highest BCUT2D eigenvalue weighted by atomic mass is 127. The molecule has 0 saturated carbocycles. The van der Waals surface area contributed by atoms with Gasteiger partial charge in [0.1, 0.15) is 0 Å². The number of hydrogen-bond acceptors (Lipinski definition) is 1. The summed E-state index contributed by atoms with van der Waals surface area (Å²) in [5.41, 5.74) is 9.44. The first-order chi connectivity index (χ1) is 8.08. The van der Waals surface area contributed by atoms with Gasteiger partial charge in [-0.3, -0.25) is 0 Å². The van der Waals surface area contributed by atoms with Crippen molar-refractivity contribution in [3.63, 3.8) is 0 Å². The molecule has 2 rings (SSSR count). The van der Waals surface area contributed by atoms with Crippen LogP contribution in [0.5, 0.6) is 0 Å². The van der Waals surface area contributed by atoms with Gasteiger partial charge in [0.25, 0.3) is 0 Å². The zero-order valence-corrected chi connectivity index (χ0v) is 12.4. The Morgan fingerprint density at radius 1 is 1.06 bits per heavy atom. The van der Waals surface area contributed by atoms with E-state index in [0.29, 0.717) is 0 Å². The molecular formula is C14H13ClIN. The molecule has 0 aliphatic rings. The molecule has 88 valence electrons. The van der Waals surface area contributed by atoms with E-state index in [2.05, 4.69) is 46.9 Å². The number of aryl methyl sites for hydroxylation is 1. The molecule has 0 spiro atoms. The minimum atomic E-state index is -0.120. The Bertz CT molecular complexity index is 522. The molecule has 2 N–H and O–H groups in total. The Balaban J connectivity index is 2.33. The van der Waals surface area contributed by atoms with E-state index in [-0.39, 0.29) is 6.04 Å². The van der Waals surface area contributed by atoms with Gasteiger partial charge in [0.05, 0.1) is 6.04 Å². The Hall–Kier alpha value is -0.580. The van der Waals surface area contributed by atoms with Crippen molar-refractivity contribution in [2.75, 3.05) is 0 Å². The number of hydrogen-bond donors (Lipinski definition) is 1. The summed E-state index contributed by atoms with van der Waals surface area (Å²) in [6.45, 7) is 1.99. The first-order valence-corrected chi connectivity index (χ1v) is 6.80. The zero-order chi connectivity index (χ0) is 12.4. The van der Waals surface area contributed by atoms with E-state index in [4.69, 9.17) is 17.3 Å². The molecular weight excluding hydrogens is 345 g/mol. The second-order valence-corrected chi connectivity index (χ2v) is 5.69. The van der Waals surface area contributed by atoms with E-state index in [1.807, 2.05) is 25.1 Å². The van der Waals surface area contributed by atoms with Gasteiger partial charge in [-0.05, 0) is 64.4 Å². The van der Waals surface area contributed by atoms with Crippen LogP contribution >= 0.6 is 34.2 Å². The molecule has 17 heavy (non-hydrogen) atoms. The number of rotatable bonds is 2. The highest BCUT2D eigenvalue weighted by Gasteiger charge is 2.09. The predicted octanol–water partition coefficient (Wildman–Crippen LogP) is 4.30. The zero-order valence-electron chi connectivity index (χ0n) is 9.45. The molecule has 0 aliphatic heterocycles. The molecule has 0 saturated heterocycles. The second-order valence-electron chi connectivity index (χ2n) is 4.04. The fourth-order valence-electron chi connectivity index (χ4n) is 1.67. The third kappa shape index (κ3) is 3.00. The van der Waals surface area contributed by atoms with Crippen LogP contribution in [0, 0.1) is 10.5 Å². The van der Waals surface area contributed by atoms with Gasteiger partial charge < -0.3 is 5.73 Å². The van der Waals surface area contributed by atoms with Crippen molar-refractivity contribution in [1.82, 2.24) is 0 Å².